The zero-order valence-electron chi connectivity index (χ0n) is 13.4. The first kappa shape index (κ1) is 17.2. The maximum Gasteiger partial charge on any atom is 0.246 e. The van der Waals surface area contributed by atoms with Gasteiger partial charge in [-0.25, -0.2) is 12.7 Å². The highest BCUT2D eigenvalue weighted by Crippen LogP contribution is 2.35. The van der Waals surface area contributed by atoms with Crippen LogP contribution in [-0.4, -0.2) is 60.2 Å². The number of hydrogen-bond acceptors (Lipinski definition) is 7. The lowest BCUT2D eigenvalue weighted by atomic mass is 10.2. The number of tetrazole rings is 1. The Bertz CT molecular complexity index is 759. The van der Waals surface area contributed by atoms with E-state index in [1.54, 1.807) is 19.9 Å². The second-order valence-corrected chi connectivity index (χ2v) is 6.79. The Balaban J connectivity index is 2.70. The van der Waals surface area contributed by atoms with Crippen LogP contribution in [0.4, 0.5) is 0 Å². The second kappa shape index (κ2) is 6.92. The maximum atomic E-state index is 12.5. The Hall–Kier alpha value is -2.20. The van der Waals surface area contributed by atoms with Crippen molar-refractivity contribution < 1.29 is 17.9 Å². The smallest absolute Gasteiger partial charge is 0.246 e. The molecule has 0 bridgehead atoms. The Morgan fingerprint density at radius 1 is 1.13 bits per heavy atom. The molecule has 0 aliphatic heterocycles. The molecule has 0 atom stereocenters. The van der Waals surface area contributed by atoms with Gasteiger partial charge < -0.3 is 9.47 Å². The van der Waals surface area contributed by atoms with Crippen molar-refractivity contribution in [2.24, 2.45) is 0 Å². The van der Waals surface area contributed by atoms with Crippen molar-refractivity contribution in [1.29, 1.82) is 0 Å². The van der Waals surface area contributed by atoms with Crippen molar-refractivity contribution in [3.63, 3.8) is 0 Å². The molecule has 2 rings (SSSR count). The molecule has 10 heteroatoms. The van der Waals surface area contributed by atoms with Gasteiger partial charge in [-0.2, -0.15) is 4.68 Å². The van der Waals surface area contributed by atoms with Crippen LogP contribution in [-0.2, 0) is 10.0 Å². The molecule has 0 spiro atoms. The molecule has 0 aliphatic carbocycles. The Morgan fingerprint density at radius 3 is 2.30 bits per heavy atom. The number of benzene rings is 1. The summed E-state index contributed by atoms with van der Waals surface area (Å²) in [5, 5.41) is 11.0. The molecule has 126 valence electrons. The summed E-state index contributed by atoms with van der Waals surface area (Å²) in [7, 11) is -0.771. The summed E-state index contributed by atoms with van der Waals surface area (Å²) in [6.45, 7) is 4.27. The summed E-state index contributed by atoms with van der Waals surface area (Å²) >= 11 is 0. The highest BCUT2D eigenvalue weighted by Gasteiger charge is 2.26. The fourth-order valence-corrected chi connectivity index (χ4v) is 2.94. The van der Waals surface area contributed by atoms with E-state index in [1.807, 2.05) is 0 Å². The van der Waals surface area contributed by atoms with Crippen LogP contribution in [0.5, 0.6) is 11.5 Å². The molecule has 0 aliphatic rings. The van der Waals surface area contributed by atoms with Gasteiger partial charge in [0.1, 0.15) is 28.4 Å². The van der Waals surface area contributed by atoms with Gasteiger partial charge in [0.05, 0.1) is 13.2 Å². The molecule has 2 aromatic rings. The Kier molecular flexibility index (Phi) is 5.16. The largest absolute Gasteiger partial charge is 0.492 e. The lowest BCUT2D eigenvalue weighted by Crippen LogP contribution is -2.23. The molecule has 9 nitrogen and oxygen atoms in total. The minimum Gasteiger partial charge on any atom is -0.492 e. The average Bonchev–Trinajstić information content (AvgIpc) is 3.02. The lowest BCUT2D eigenvalue weighted by molar-refractivity contribution is 0.320. The van der Waals surface area contributed by atoms with Gasteiger partial charge in [0, 0.05) is 26.2 Å². The third-order valence-corrected chi connectivity index (χ3v) is 4.82. The van der Waals surface area contributed by atoms with Gasteiger partial charge in [0.2, 0.25) is 10.0 Å². The van der Waals surface area contributed by atoms with Gasteiger partial charge in [-0.1, -0.05) is 0 Å². The van der Waals surface area contributed by atoms with Crippen LogP contribution in [0.2, 0.25) is 0 Å². The first-order valence-electron chi connectivity index (χ1n) is 7.01. The molecule has 23 heavy (non-hydrogen) atoms. The molecule has 0 amide bonds. The van der Waals surface area contributed by atoms with E-state index in [0.717, 1.165) is 4.31 Å². The van der Waals surface area contributed by atoms with Crippen molar-refractivity contribution in [2.45, 2.75) is 18.7 Å². The average molecular weight is 341 g/mol. The van der Waals surface area contributed by atoms with Crippen molar-refractivity contribution in [2.75, 3.05) is 27.3 Å². The minimum absolute atomic E-state index is 0.0321. The van der Waals surface area contributed by atoms with E-state index in [-0.39, 0.29) is 10.6 Å². The summed E-state index contributed by atoms with van der Waals surface area (Å²) in [4.78, 5) is 0.0321. The maximum absolute atomic E-state index is 12.5. The summed E-state index contributed by atoms with van der Waals surface area (Å²) < 4.78 is 38.6. The van der Waals surface area contributed by atoms with Gasteiger partial charge in [0.15, 0.2) is 0 Å². The summed E-state index contributed by atoms with van der Waals surface area (Å²) in [5.41, 5.74) is 0.498. The molecule has 0 saturated carbocycles. The predicted molar refractivity (Wildman–Crippen MR) is 82.4 cm³/mol. The minimum atomic E-state index is -3.69. The van der Waals surface area contributed by atoms with E-state index >= 15 is 0 Å². The molecule has 0 saturated heterocycles. The van der Waals surface area contributed by atoms with Crippen LogP contribution >= 0.6 is 0 Å². The zero-order chi connectivity index (χ0) is 17.0. The molecule has 0 unspecified atom stereocenters. The van der Waals surface area contributed by atoms with E-state index in [4.69, 9.17) is 9.47 Å². The predicted octanol–water partition coefficient (Wildman–Crippen LogP) is 0.710. The van der Waals surface area contributed by atoms with E-state index < -0.39 is 10.0 Å². The monoisotopic (exact) mass is 341 g/mol. The SMILES string of the molecule is CCOc1cc(S(=O)(=O)N(C)C)c(OCC)cc1-n1cnnn1. The zero-order valence-corrected chi connectivity index (χ0v) is 14.2. The number of hydrogen-bond donors (Lipinski definition) is 0. The standard InChI is InChI=1S/C13H19N5O4S/c1-5-21-11-8-13(23(19,20)17(3)4)12(22-6-2)7-10(11)18-9-14-15-16-18/h7-9H,5-6H2,1-4H3. The Morgan fingerprint density at radius 2 is 1.78 bits per heavy atom. The first-order chi connectivity index (χ1) is 10.9. The van der Waals surface area contributed by atoms with Gasteiger partial charge in [0.25, 0.3) is 0 Å². The molecular formula is C13H19N5O4S. The topological polar surface area (TPSA) is 99.4 Å². The van der Waals surface area contributed by atoms with Crippen LogP contribution in [0.25, 0.3) is 5.69 Å². The normalized spacial score (nSPS) is 11.7. The molecule has 0 fully saturated rings. The van der Waals surface area contributed by atoms with Crippen LogP contribution in [0.3, 0.4) is 0 Å². The summed E-state index contributed by atoms with van der Waals surface area (Å²) in [6, 6.07) is 2.99. The van der Waals surface area contributed by atoms with Crippen molar-refractivity contribution in [1.82, 2.24) is 24.5 Å². The third-order valence-electron chi connectivity index (χ3n) is 2.98. The van der Waals surface area contributed by atoms with Crippen molar-refractivity contribution in [3.05, 3.63) is 18.5 Å². The molecule has 1 heterocycles. The highest BCUT2D eigenvalue weighted by atomic mass is 32.2. The van der Waals surface area contributed by atoms with Crippen LogP contribution in [0.15, 0.2) is 23.4 Å². The van der Waals surface area contributed by atoms with E-state index in [0.29, 0.717) is 24.7 Å². The number of aromatic nitrogens is 4. The molecule has 1 aromatic heterocycles. The molecular weight excluding hydrogens is 322 g/mol. The quantitative estimate of drug-likeness (QED) is 0.731. The van der Waals surface area contributed by atoms with Crippen LogP contribution in [0.1, 0.15) is 13.8 Å². The van der Waals surface area contributed by atoms with Gasteiger partial charge >= 0.3 is 0 Å². The van der Waals surface area contributed by atoms with Crippen molar-refractivity contribution >= 4 is 10.0 Å². The molecule has 0 N–H and O–H groups in total. The molecule has 0 radical (unpaired) electrons. The number of ether oxygens (including phenoxy) is 2. The van der Waals surface area contributed by atoms with Gasteiger partial charge in [-0.3, -0.25) is 0 Å². The lowest BCUT2D eigenvalue weighted by Gasteiger charge is -2.18. The number of rotatable bonds is 7. The number of sulfonamides is 1. The molecule has 1 aromatic carbocycles. The van der Waals surface area contributed by atoms with Gasteiger partial charge in [-0.15, -0.1) is 5.10 Å². The van der Waals surface area contributed by atoms with Crippen molar-refractivity contribution in [3.8, 4) is 17.2 Å². The summed E-state index contributed by atoms with van der Waals surface area (Å²) in [6.07, 6.45) is 1.40. The highest BCUT2D eigenvalue weighted by molar-refractivity contribution is 7.89. The fourth-order valence-electron chi connectivity index (χ4n) is 1.92. The van der Waals surface area contributed by atoms with Crippen LogP contribution < -0.4 is 9.47 Å². The first-order valence-corrected chi connectivity index (χ1v) is 8.45. The Labute approximate surface area is 134 Å². The van der Waals surface area contributed by atoms with E-state index in [1.165, 1.54) is 31.2 Å². The van der Waals surface area contributed by atoms with E-state index in [2.05, 4.69) is 15.5 Å². The summed E-state index contributed by atoms with van der Waals surface area (Å²) in [5.74, 6) is 0.568. The second-order valence-electron chi connectivity index (χ2n) is 4.67. The van der Waals surface area contributed by atoms with Crippen LogP contribution in [0, 0.1) is 0 Å². The third kappa shape index (κ3) is 3.42. The van der Waals surface area contributed by atoms with E-state index in [9.17, 15) is 8.42 Å². The fraction of sp³-hybridized carbons (Fsp3) is 0.462. The number of nitrogens with zero attached hydrogens (tertiary/aromatic N) is 5. The van der Waals surface area contributed by atoms with Gasteiger partial charge in [-0.05, 0) is 24.3 Å².